The SMILES string of the molecule is CCN(CC)CCNC(=O)N[C@H](C(=O)O)C(C)(C)C. The van der Waals surface area contributed by atoms with Crippen LogP contribution < -0.4 is 10.6 Å². The van der Waals surface area contributed by atoms with Gasteiger partial charge < -0.3 is 20.6 Å². The molecule has 0 bridgehead atoms. The van der Waals surface area contributed by atoms with Crippen LogP contribution in [0.15, 0.2) is 0 Å². The molecule has 2 amide bonds. The van der Waals surface area contributed by atoms with Gasteiger partial charge >= 0.3 is 12.0 Å². The molecular formula is C13H27N3O3. The summed E-state index contributed by atoms with van der Waals surface area (Å²) in [6, 6.07) is -1.34. The molecule has 0 radical (unpaired) electrons. The Bertz CT molecular complexity index is 296. The van der Waals surface area contributed by atoms with Gasteiger partial charge in [-0.25, -0.2) is 9.59 Å². The summed E-state index contributed by atoms with van der Waals surface area (Å²) in [7, 11) is 0. The molecule has 0 saturated carbocycles. The number of hydrogen-bond donors (Lipinski definition) is 3. The Morgan fingerprint density at radius 3 is 2.11 bits per heavy atom. The molecule has 0 saturated heterocycles. The van der Waals surface area contributed by atoms with Crippen molar-refractivity contribution in [3.05, 3.63) is 0 Å². The summed E-state index contributed by atoms with van der Waals surface area (Å²) >= 11 is 0. The molecule has 6 heteroatoms. The van der Waals surface area contributed by atoms with Gasteiger partial charge in [0.05, 0.1) is 0 Å². The van der Waals surface area contributed by atoms with Crippen LogP contribution >= 0.6 is 0 Å². The fourth-order valence-electron chi connectivity index (χ4n) is 1.70. The van der Waals surface area contributed by atoms with Gasteiger partial charge in [-0.3, -0.25) is 0 Å². The van der Waals surface area contributed by atoms with Crippen molar-refractivity contribution in [3.8, 4) is 0 Å². The van der Waals surface area contributed by atoms with Gasteiger partial charge in [-0.2, -0.15) is 0 Å². The third-order valence-corrected chi connectivity index (χ3v) is 3.00. The highest BCUT2D eigenvalue weighted by atomic mass is 16.4. The van der Waals surface area contributed by atoms with Crippen molar-refractivity contribution >= 4 is 12.0 Å². The van der Waals surface area contributed by atoms with Crippen LogP contribution in [-0.2, 0) is 4.79 Å². The lowest BCUT2D eigenvalue weighted by Crippen LogP contribution is -2.53. The highest BCUT2D eigenvalue weighted by Crippen LogP contribution is 2.19. The molecule has 0 spiro atoms. The number of amides is 2. The van der Waals surface area contributed by atoms with Gasteiger partial charge in [0, 0.05) is 13.1 Å². The molecule has 0 aliphatic rings. The Balaban J connectivity index is 4.19. The molecule has 0 fully saturated rings. The number of hydrogen-bond acceptors (Lipinski definition) is 3. The zero-order chi connectivity index (χ0) is 15.1. The van der Waals surface area contributed by atoms with Crippen LogP contribution in [0.5, 0.6) is 0 Å². The number of rotatable bonds is 7. The van der Waals surface area contributed by atoms with E-state index in [1.807, 2.05) is 0 Å². The van der Waals surface area contributed by atoms with Gasteiger partial charge in [-0.05, 0) is 18.5 Å². The lowest BCUT2D eigenvalue weighted by molar-refractivity contribution is -0.141. The van der Waals surface area contributed by atoms with E-state index in [2.05, 4.69) is 29.4 Å². The van der Waals surface area contributed by atoms with Crippen LogP contribution in [0.3, 0.4) is 0 Å². The molecule has 0 aromatic carbocycles. The first-order valence-corrected chi connectivity index (χ1v) is 6.71. The standard InChI is InChI=1S/C13H27N3O3/c1-6-16(7-2)9-8-14-12(19)15-10(11(17)18)13(3,4)5/h10H,6-9H2,1-5H3,(H,17,18)(H2,14,15,19)/t10-/m1/s1. The second-order valence-corrected chi connectivity index (χ2v) is 5.56. The fourth-order valence-corrected chi connectivity index (χ4v) is 1.70. The summed E-state index contributed by atoms with van der Waals surface area (Å²) in [5.41, 5.74) is -0.526. The van der Waals surface area contributed by atoms with Crippen LogP contribution in [0.1, 0.15) is 34.6 Å². The Morgan fingerprint density at radius 2 is 1.74 bits per heavy atom. The number of nitrogens with zero attached hydrogens (tertiary/aromatic N) is 1. The lowest BCUT2D eigenvalue weighted by Gasteiger charge is -2.28. The summed E-state index contributed by atoms with van der Waals surface area (Å²) in [6.07, 6.45) is 0. The van der Waals surface area contributed by atoms with Crippen LogP contribution in [0.4, 0.5) is 4.79 Å². The molecule has 0 aliphatic carbocycles. The fraction of sp³-hybridized carbons (Fsp3) is 0.846. The Hall–Kier alpha value is -1.30. The minimum Gasteiger partial charge on any atom is -0.480 e. The highest BCUT2D eigenvalue weighted by Gasteiger charge is 2.32. The van der Waals surface area contributed by atoms with Crippen molar-refractivity contribution in [2.45, 2.75) is 40.7 Å². The predicted octanol–water partition coefficient (Wildman–Crippen LogP) is 1.13. The number of nitrogens with one attached hydrogen (secondary N) is 2. The van der Waals surface area contributed by atoms with Crippen molar-refractivity contribution in [2.24, 2.45) is 5.41 Å². The first-order chi connectivity index (χ1) is 8.72. The predicted molar refractivity (Wildman–Crippen MR) is 75.2 cm³/mol. The summed E-state index contributed by atoms with van der Waals surface area (Å²) in [5, 5.41) is 14.3. The molecule has 19 heavy (non-hydrogen) atoms. The van der Waals surface area contributed by atoms with Gasteiger partial charge in [0.25, 0.3) is 0 Å². The zero-order valence-corrected chi connectivity index (χ0v) is 12.6. The number of aliphatic carboxylic acids is 1. The van der Waals surface area contributed by atoms with E-state index in [1.54, 1.807) is 20.8 Å². The average molecular weight is 273 g/mol. The summed E-state index contributed by atoms with van der Waals surface area (Å²) in [6.45, 7) is 12.6. The molecular weight excluding hydrogens is 246 g/mol. The van der Waals surface area contributed by atoms with Crippen molar-refractivity contribution in [2.75, 3.05) is 26.2 Å². The minimum atomic E-state index is -1.02. The van der Waals surface area contributed by atoms with E-state index in [4.69, 9.17) is 5.11 Å². The highest BCUT2D eigenvalue weighted by molar-refractivity contribution is 5.83. The smallest absolute Gasteiger partial charge is 0.326 e. The Labute approximate surface area is 115 Å². The minimum absolute atomic E-state index is 0.436. The number of carbonyl (C=O) groups excluding carboxylic acids is 1. The maximum Gasteiger partial charge on any atom is 0.326 e. The van der Waals surface area contributed by atoms with Gasteiger partial charge in [0.2, 0.25) is 0 Å². The third-order valence-electron chi connectivity index (χ3n) is 3.00. The first kappa shape index (κ1) is 17.7. The third kappa shape index (κ3) is 7.00. The van der Waals surface area contributed by atoms with Crippen LogP contribution in [0.2, 0.25) is 0 Å². The molecule has 1 atom stereocenters. The van der Waals surface area contributed by atoms with Gasteiger partial charge in [0.1, 0.15) is 6.04 Å². The number of carboxylic acids is 1. The number of carbonyl (C=O) groups is 2. The maximum absolute atomic E-state index is 11.7. The van der Waals surface area contributed by atoms with E-state index in [1.165, 1.54) is 0 Å². The molecule has 3 N–H and O–H groups in total. The topological polar surface area (TPSA) is 81.7 Å². The lowest BCUT2D eigenvalue weighted by atomic mass is 9.87. The van der Waals surface area contributed by atoms with E-state index in [-0.39, 0.29) is 0 Å². The van der Waals surface area contributed by atoms with E-state index < -0.39 is 23.5 Å². The van der Waals surface area contributed by atoms with E-state index in [0.717, 1.165) is 19.6 Å². The molecule has 6 nitrogen and oxygen atoms in total. The molecule has 0 unspecified atom stereocenters. The Kier molecular flexibility index (Phi) is 7.44. The summed E-state index contributed by atoms with van der Waals surface area (Å²) in [5.74, 6) is -1.02. The number of urea groups is 1. The summed E-state index contributed by atoms with van der Waals surface area (Å²) in [4.78, 5) is 24.9. The van der Waals surface area contributed by atoms with E-state index in [0.29, 0.717) is 6.54 Å². The number of likely N-dealkylation sites (N-methyl/N-ethyl adjacent to an activating group) is 1. The number of carboxylic acid groups (broad SMARTS) is 1. The second kappa shape index (κ2) is 7.99. The Morgan fingerprint density at radius 1 is 1.21 bits per heavy atom. The molecule has 0 aromatic heterocycles. The van der Waals surface area contributed by atoms with Crippen molar-refractivity contribution in [1.82, 2.24) is 15.5 Å². The molecule has 0 heterocycles. The van der Waals surface area contributed by atoms with E-state index in [9.17, 15) is 9.59 Å². The van der Waals surface area contributed by atoms with Crippen molar-refractivity contribution in [1.29, 1.82) is 0 Å². The van der Waals surface area contributed by atoms with Crippen molar-refractivity contribution in [3.63, 3.8) is 0 Å². The molecule has 0 aromatic rings. The second-order valence-electron chi connectivity index (χ2n) is 5.56. The van der Waals surface area contributed by atoms with Crippen LogP contribution in [0, 0.1) is 5.41 Å². The molecule has 112 valence electrons. The average Bonchev–Trinajstić information content (AvgIpc) is 2.30. The van der Waals surface area contributed by atoms with E-state index >= 15 is 0 Å². The van der Waals surface area contributed by atoms with Crippen LogP contribution in [-0.4, -0.2) is 54.2 Å². The normalized spacial score (nSPS) is 13.2. The van der Waals surface area contributed by atoms with Gasteiger partial charge in [-0.15, -0.1) is 0 Å². The zero-order valence-electron chi connectivity index (χ0n) is 12.6. The first-order valence-electron chi connectivity index (χ1n) is 6.71. The van der Waals surface area contributed by atoms with Crippen LogP contribution in [0.25, 0.3) is 0 Å². The maximum atomic E-state index is 11.7. The monoisotopic (exact) mass is 273 g/mol. The molecule has 0 aliphatic heterocycles. The summed E-state index contributed by atoms with van der Waals surface area (Å²) < 4.78 is 0. The largest absolute Gasteiger partial charge is 0.480 e. The van der Waals surface area contributed by atoms with Crippen molar-refractivity contribution < 1.29 is 14.7 Å². The van der Waals surface area contributed by atoms with Gasteiger partial charge in [-0.1, -0.05) is 34.6 Å². The molecule has 0 rings (SSSR count). The van der Waals surface area contributed by atoms with Gasteiger partial charge in [0.15, 0.2) is 0 Å². The quantitative estimate of drug-likeness (QED) is 0.649.